The first-order chi connectivity index (χ1) is 10.4. The monoisotopic (exact) mass is 308 g/mol. The number of nitrogens with one attached hydrogen (secondary N) is 1. The van der Waals surface area contributed by atoms with Gasteiger partial charge in [0.2, 0.25) is 11.8 Å². The number of nitrogens with zero attached hydrogens (tertiary/aromatic N) is 1. The predicted octanol–water partition coefficient (Wildman–Crippen LogP) is 1.30. The second kappa shape index (κ2) is 5.84. The van der Waals surface area contributed by atoms with Crippen molar-refractivity contribution in [3.8, 4) is 0 Å². The van der Waals surface area contributed by atoms with Crippen LogP contribution in [0.2, 0.25) is 0 Å². The molecule has 1 saturated heterocycles. The minimum absolute atomic E-state index is 0.0970. The first kappa shape index (κ1) is 15.8. The molecule has 124 valence electrons. The van der Waals surface area contributed by atoms with Crippen LogP contribution < -0.4 is 5.32 Å². The molecule has 3 atom stereocenters. The number of aliphatic hydroxyl groups is 1. The minimum atomic E-state index is -0.728. The van der Waals surface area contributed by atoms with Gasteiger partial charge in [-0.2, -0.15) is 0 Å². The van der Waals surface area contributed by atoms with Gasteiger partial charge in [0.1, 0.15) is 0 Å². The first-order valence-corrected chi connectivity index (χ1v) is 8.67. The van der Waals surface area contributed by atoms with Gasteiger partial charge in [-0.25, -0.2) is 0 Å². The molecule has 3 fully saturated rings. The Morgan fingerprint density at radius 1 is 1.23 bits per heavy atom. The van der Waals surface area contributed by atoms with E-state index in [1.54, 1.807) is 0 Å². The van der Waals surface area contributed by atoms with Crippen LogP contribution in [0.4, 0.5) is 0 Å². The third-order valence-corrected chi connectivity index (χ3v) is 5.67. The van der Waals surface area contributed by atoms with Gasteiger partial charge in [-0.05, 0) is 57.8 Å². The van der Waals surface area contributed by atoms with Gasteiger partial charge in [-0.1, -0.05) is 0 Å². The fraction of sp³-hybridized carbons (Fsp3) is 0.882. The van der Waals surface area contributed by atoms with Crippen molar-refractivity contribution in [1.82, 2.24) is 10.2 Å². The molecular formula is C17H28N2O3. The summed E-state index contributed by atoms with van der Waals surface area (Å²) in [5.41, 5.74) is -0.728. The number of amides is 2. The molecule has 22 heavy (non-hydrogen) atoms. The fourth-order valence-electron chi connectivity index (χ4n) is 4.27. The van der Waals surface area contributed by atoms with Crippen molar-refractivity contribution < 1.29 is 14.7 Å². The Balaban J connectivity index is 1.49. The smallest absolute Gasteiger partial charge is 0.225 e. The van der Waals surface area contributed by atoms with Gasteiger partial charge in [-0.3, -0.25) is 9.59 Å². The zero-order valence-corrected chi connectivity index (χ0v) is 13.7. The quantitative estimate of drug-likeness (QED) is 0.822. The number of fused-ring (bicyclic) bond motifs is 1. The van der Waals surface area contributed by atoms with Gasteiger partial charge >= 0.3 is 0 Å². The molecule has 0 aromatic carbocycles. The van der Waals surface area contributed by atoms with Crippen LogP contribution in [-0.2, 0) is 9.59 Å². The molecule has 3 aliphatic rings. The molecule has 3 rings (SSSR count). The van der Waals surface area contributed by atoms with Gasteiger partial charge in [0.15, 0.2) is 0 Å². The Labute approximate surface area is 132 Å². The second-order valence-corrected chi connectivity index (χ2v) is 7.91. The summed E-state index contributed by atoms with van der Waals surface area (Å²) in [6, 6.07) is 0.189. The van der Waals surface area contributed by atoms with Crippen molar-refractivity contribution in [3.05, 3.63) is 0 Å². The van der Waals surface area contributed by atoms with Gasteiger partial charge in [0.25, 0.3) is 0 Å². The van der Waals surface area contributed by atoms with Crippen molar-refractivity contribution in [3.63, 3.8) is 0 Å². The number of carbonyl (C=O) groups is 2. The van der Waals surface area contributed by atoms with E-state index < -0.39 is 5.60 Å². The lowest BCUT2D eigenvalue weighted by atomic mass is 9.77. The summed E-state index contributed by atoms with van der Waals surface area (Å²) in [6.45, 7) is 5.51. The Bertz CT molecular complexity index is 445. The molecule has 2 saturated carbocycles. The van der Waals surface area contributed by atoms with Crippen LogP contribution in [0, 0.1) is 17.8 Å². The molecule has 2 N–H and O–H groups in total. The number of rotatable bonds is 4. The number of hydrogen-bond donors (Lipinski definition) is 2. The summed E-state index contributed by atoms with van der Waals surface area (Å²) in [5.74, 6) is 1.31. The molecule has 1 aliphatic heterocycles. The van der Waals surface area contributed by atoms with E-state index in [0.717, 1.165) is 45.2 Å². The highest BCUT2D eigenvalue weighted by atomic mass is 16.3. The Hall–Kier alpha value is -1.10. The van der Waals surface area contributed by atoms with Gasteiger partial charge in [-0.15, -0.1) is 0 Å². The normalized spacial score (nSPS) is 32.7. The number of carbonyl (C=O) groups excluding carboxylic acids is 2. The zero-order chi connectivity index (χ0) is 15.9. The van der Waals surface area contributed by atoms with Crippen LogP contribution in [0.25, 0.3) is 0 Å². The average Bonchev–Trinajstić information content (AvgIpc) is 2.93. The van der Waals surface area contributed by atoms with E-state index in [1.165, 1.54) is 0 Å². The Kier molecular flexibility index (Phi) is 4.19. The highest BCUT2D eigenvalue weighted by Gasteiger charge is 2.46. The molecule has 1 heterocycles. The van der Waals surface area contributed by atoms with Crippen molar-refractivity contribution >= 4 is 11.8 Å². The number of likely N-dealkylation sites (tertiary alicyclic amines) is 1. The van der Waals surface area contributed by atoms with Crippen molar-refractivity contribution in [2.45, 2.75) is 64.0 Å². The standard InChI is InChI=1S/C17H28N2O3/c1-11(2)18-16(21)12-6-13-9-19(10-14(13)7-12)15(20)8-17(22)4-3-5-17/h11-14,22H,3-10H2,1-2H3,(H,18,21)/t12?,13-,14+. The summed E-state index contributed by atoms with van der Waals surface area (Å²) in [4.78, 5) is 26.4. The van der Waals surface area contributed by atoms with E-state index in [4.69, 9.17) is 0 Å². The summed E-state index contributed by atoms with van der Waals surface area (Å²) in [7, 11) is 0. The Morgan fingerprint density at radius 3 is 2.27 bits per heavy atom. The lowest BCUT2D eigenvalue weighted by Crippen LogP contribution is -2.43. The second-order valence-electron chi connectivity index (χ2n) is 7.91. The molecule has 0 aromatic rings. The van der Waals surface area contributed by atoms with Crippen molar-refractivity contribution in [1.29, 1.82) is 0 Å². The van der Waals surface area contributed by atoms with Gasteiger partial charge < -0.3 is 15.3 Å². The SMILES string of the molecule is CC(C)NC(=O)C1C[C@@H]2CN(C(=O)CC3(O)CCC3)C[C@@H]2C1. The molecular weight excluding hydrogens is 280 g/mol. The maximum atomic E-state index is 12.3. The number of hydrogen-bond acceptors (Lipinski definition) is 3. The summed E-state index contributed by atoms with van der Waals surface area (Å²) in [6.07, 6.45) is 4.63. The lowest BCUT2D eigenvalue weighted by Gasteiger charge is -2.37. The zero-order valence-electron chi connectivity index (χ0n) is 13.7. The van der Waals surface area contributed by atoms with E-state index in [9.17, 15) is 14.7 Å². The fourth-order valence-corrected chi connectivity index (χ4v) is 4.27. The van der Waals surface area contributed by atoms with Crippen LogP contribution in [0.15, 0.2) is 0 Å². The maximum Gasteiger partial charge on any atom is 0.225 e. The molecule has 0 aromatic heterocycles. The summed E-state index contributed by atoms with van der Waals surface area (Å²) >= 11 is 0. The van der Waals surface area contributed by atoms with Crippen molar-refractivity contribution in [2.24, 2.45) is 17.8 Å². The molecule has 0 bridgehead atoms. The summed E-state index contributed by atoms with van der Waals surface area (Å²) < 4.78 is 0. The molecule has 2 amide bonds. The molecule has 0 radical (unpaired) electrons. The molecule has 2 aliphatic carbocycles. The van der Waals surface area contributed by atoms with E-state index in [2.05, 4.69) is 5.32 Å². The van der Waals surface area contributed by atoms with E-state index in [0.29, 0.717) is 11.8 Å². The highest BCUT2D eigenvalue weighted by molar-refractivity contribution is 5.80. The van der Waals surface area contributed by atoms with Gasteiger partial charge in [0.05, 0.1) is 12.0 Å². The van der Waals surface area contributed by atoms with Crippen LogP contribution in [0.1, 0.15) is 52.4 Å². The molecule has 1 unspecified atom stereocenters. The molecule has 5 nitrogen and oxygen atoms in total. The van der Waals surface area contributed by atoms with E-state index >= 15 is 0 Å². The first-order valence-electron chi connectivity index (χ1n) is 8.67. The minimum Gasteiger partial charge on any atom is -0.389 e. The average molecular weight is 308 g/mol. The molecule has 0 spiro atoms. The third kappa shape index (κ3) is 3.14. The van der Waals surface area contributed by atoms with Crippen LogP contribution in [0.5, 0.6) is 0 Å². The van der Waals surface area contributed by atoms with E-state index in [-0.39, 0.29) is 30.2 Å². The highest BCUT2D eigenvalue weighted by Crippen LogP contribution is 2.42. The molecule has 5 heteroatoms. The van der Waals surface area contributed by atoms with Crippen molar-refractivity contribution in [2.75, 3.05) is 13.1 Å². The van der Waals surface area contributed by atoms with Crippen LogP contribution in [0.3, 0.4) is 0 Å². The summed E-state index contributed by atoms with van der Waals surface area (Å²) in [5, 5.41) is 13.1. The largest absolute Gasteiger partial charge is 0.389 e. The maximum absolute atomic E-state index is 12.3. The van der Waals surface area contributed by atoms with E-state index in [1.807, 2.05) is 18.7 Å². The van der Waals surface area contributed by atoms with Crippen LogP contribution in [-0.4, -0.2) is 46.6 Å². The third-order valence-electron chi connectivity index (χ3n) is 5.67. The topological polar surface area (TPSA) is 69.6 Å². The van der Waals surface area contributed by atoms with Crippen LogP contribution >= 0.6 is 0 Å². The Morgan fingerprint density at radius 2 is 1.82 bits per heavy atom. The lowest BCUT2D eigenvalue weighted by molar-refractivity contribution is -0.139. The van der Waals surface area contributed by atoms with Gasteiger partial charge in [0, 0.05) is 25.0 Å². The predicted molar refractivity (Wildman–Crippen MR) is 83.0 cm³/mol.